The highest BCUT2D eigenvalue weighted by Crippen LogP contribution is 2.28. The lowest BCUT2D eigenvalue weighted by atomic mass is 9.98. The number of nitrogens with one attached hydrogen (secondary N) is 1. The average Bonchev–Trinajstić information content (AvgIpc) is 2.97. The summed E-state index contributed by atoms with van der Waals surface area (Å²) in [5, 5.41) is 4.55. The summed E-state index contributed by atoms with van der Waals surface area (Å²) in [4.78, 5) is 0. The first-order valence-corrected chi connectivity index (χ1v) is 7.08. The molecule has 0 aliphatic carbocycles. The number of furan rings is 1. The van der Waals surface area contributed by atoms with Crippen molar-refractivity contribution in [2.45, 2.75) is 12.5 Å². The lowest BCUT2D eigenvalue weighted by Gasteiger charge is -2.15. The molecule has 1 heterocycles. The molecule has 0 aliphatic rings. The van der Waals surface area contributed by atoms with Crippen LogP contribution < -0.4 is 10.1 Å². The van der Waals surface area contributed by atoms with Crippen LogP contribution in [-0.4, -0.2) is 14.2 Å². The minimum Gasteiger partial charge on any atom is -0.497 e. The molecule has 21 heavy (non-hydrogen) atoms. The van der Waals surface area contributed by atoms with Gasteiger partial charge in [0.1, 0.15) is 11.3 Å². The van der Waals surface area contributed by atoms with Gasteiger partial charge in [0, 0.05) is 17.0 Å². The predicted octanol–water partition coefficient (Wildman–Crippen LogP) is 3.94. The van der Waals surface area contributed by atoms with Gasteiger partial charge in [-0.2, -0.15) is 0 Å². The third-order valence-electron chi connectivity index (χ3n) is 3.83. The van der Waals surface area contributed by atoms with Crippen LogP contribution in [0, 0.1) is 0 Å². The van der Waals surface area contributed by atoms with Crippen LogP contribution in [-0.2, 0) is 6.42 Å². The Hall–Kier alpha value is -2.26. The number of fused-ring (bicyclic) bond motifs is 1. The average molecular weight is 281 g/mol. The van der Waals surface area contributed by atoms with E-state index in [1.807, 2.05) is 43.6 Å². The first kappa shape index (κ1) is 13.7. The van der Waals surface area contributed by atoms with Gasteiger partial charge in [0.2, 0.25) is 0 Å². The monoisotopic (exact) mass is 281 g/mol. The van der Waals surface area contributed by atoms with Crippen molar-refractivity contribution in [2.75, 3.05) is 14.2 Å². The van der Waals surface area contributed by atoms with Crippen LogP contribution in [0.15, 0.2) is 59.2 Å². The van der Waals surface area contributed by atoms with Crippen LogP contribution in [0.1, 0.15) is 17.2 Å². The second-order valence-corrected chi connectivity index (χ2v) is 5.08. The molecule has 0 fully saturated rings. The fourth-order valence-corrected chi connectivity index (χ4v) is 2.63. The number of para-hydroxylation sites is 1. The number of methoxy groups -OCH3 is 1. The number of hydrogen-bond donors (Lipinski definition) is 1. The van der Waals surface area contributed by atoms with Gasteiger partial charge >= 0.3 is 0 Å². The summed E-state index contributed by atoms with van der Waals surface area (Å²) in [6.45, 7) is 0. The van der Waals surface area contributed by atoms with Gasteiger partial charge in [0.15, 0.2) is 0 Å². The van der Waals surface area contributed by atoms with E-state index >= 15 is 0 Å². The maximum absolute atomic E-state index is 5.65. The highest BCUT2D eigenvalue weighted by Gasteiger charge is 2.15. The standard InChI is InChI=1S/C18H19NO2/c1-19-17(11-13-7-9-14(20-2)10-8-13)16-12-21-18-6-4-3-5-15(16)18/h3-10,12,17,19H,11H2,1-2H3. The smallest absolute Gasteiger partial charge is 0.134 e. The molecule has 3 aromatic rings. The molecule has 0 saturated carbocycles. The molecule has 3 rings (SSSR count). The van der Waals surface area contributed by atoms with Gasteiger partial charge in [-0.15, -0.1) is 0 Å². The predicted molar refractivity (Wildman–Crippen MR) is 84.7 cm³/mol. The van der Waals surface area contributed by atoms with Crippen LogP contribution >= 0.6 is 0 Å². The molecule has 0 saturated heterocycles. The van der Waals surface area contributed by atoms with Gasteiger partial charge in [-0.1, -0.05) is 30.3 Å². The summed E-state index contributed by atoms with van der Waals surface area (Å²) in [5.74, 6) is 0.883. The van der Waals surface area contributed by atoms with Gasteiger partial charge < -0.3 is 14.5 Å². The molecule has 2 aromatic carbocycles. The van der Waals surface area contributed by atoms with Crippen molar-refractivity contribution in [3.63, 3.8) is 0 Å². The molecular formula is C18H19NO2. The van der Waals surface area contributed by atoms with E-state index in [1.54, 1.807) is 7.11 Å². The first-order chi connectivity index (χ1) is 10.3. The summed E-state index contributed by atoms with van der Waals surface area (Å²) in [5.41, 5.74) is 3.40. The van der Waals surface area contributed by atoms with E-state index in [4.69, 9.17) is 9.15 Å². The Labute approximate surface area is 124 Å². The Morgan fingerprint density at radius 3 is 2.57 bits per heavy atom. The van der Waals surface area contributed by atoms with E-state index in [0.29, 0.717) is 0 Å². The lowest BCUT2D eigenvalue weighted by molar-refractivity contribution is 0.414. The number of likely N-dealkylation sites (N-methyl/N-ethyl adjacent to an activating group) is 1. The highest BCUT2D eigenvalue weighted by molar-refractivity contribution is 5.81. The lowest BCUT2D eigenvalue weighted by Crippen LogP contribution is -2.18. The van der Waals surface area contributed by atoms with E-state index in [1.165, 1.54) is 16.5 Å². The summed E-state index contributed by atoms with van der Waals surface area (Å²) in [7, 11) is 3.67. The van der Waals surface area contributed by atoms with Crippen molar-refractivity contribution in [3.8, 4) is 5.75 Å². The summed E-state index contributed by atoms with van der Waals surface area (Å²) < 4.78 is 10.8. The second kappa shape index (κ2) is 6.02. The van der Waals surface area contributed by atoms with Gasteiger partial charge in [0.05, 0.1) is 13.4 Å². The van der Waals surface area contributed by atoms with Gasteiger partial charge in [-0.25, -0.2) is 0 Å². The van der Waals surface area contributed by atoms with Crippen LogP contribution in [0.5, 0.6) is 5.75 Å². The minimum atomic E-state index is 0.224. The van der Waals surface area contributed by atoms with Crippen LogP contribution in [0.4, 0.5) is 0 Å². The molecule has 0 radical (unpaired) electrons. The molecule has 0 amide bonds. The number of ether oxygens (including phenoxy) is 1. The second-order valence-electron chi connectivity index (χ2n) is 5.08. The highest BCUT2D eigenvalue weighted by atomic mass is 16.5. The fourth-order valence-electron chi connectivity index (χ4n) is 2.63. The molecular weight excluding hydrogens is 262 g/mol. The van der Waals surface area contributed by atoms with Crippen molar-refractivity contribution in [1.82, 2.24) is 5.32 Å². The third kappa shape index (κ3) is 2.78. The van der Waals surface area contributed by atoms with Gasteiger partial charge in [-0.3, -0.25) is 0 Å². The van der Waals surface area contributed by atoms with Crippen molar-refractivity contribution < 1.29 is 9.15 Å². The molecule has 3 heteroatoms. The maximum atomic E-state index is 5.65. The maximum Gasteiger partial charge on any atom is 0.134 e. The molecule has 3 nitrogen and oxygen atoms in total. The summed E-state index contributed by atoms with van der Waals surface area (Å²) >= 11 is 0. The van der Waals surface area contributed by atoms with Gasteiger partial charge in [-0.05, 0) is 37.2 Å². The Bertz CT molecular complexity index is 715. The molecule has 0 spiro atoms. The molecule has 1 N–H and O–H groups in total. The molecule has 108 valence electrons. The summed E-state index contributed by atoms with van der Waals surface area (Å²) in [6.07, 6.45) is 2.76. The Morgan fingerprint density at radius 2 is 1.86 bits per heavy atom. The fraction of sp³-hybridized carbons (Fsp3) is 0.222. The molecule has 1 atom stereocenters. The largest absolute Gasteiger partial charge is 0.497 e. The molecule has 0 bridgehead atoms. The van der Waals surface area contributed by atoms with Crippen LogP contribution in [0.25, 0.3) is 11.0 Å². The van der Waals surface area contributed by atoms with E-state index in [0.717, 1.165) is 17.8 Å². The topological polar surface area (TPSA) is 34.4 Å². The van der Waals surface area contributed by atoms with Gasteiger partial charge in [0.25, 0.3) is 0 Å². The van der Waals surface area contributed by atoms with Crippen molar-refractivity contribution in [1.29, 1.82) is 0 Å². The third-order valence-corrected chi connectivity index (χ3v) is 3.83. The number of hydrogen-bond acceptors (Lipinski definition) is 3. The SMILES string of the molecule is CNC(Cc1ccc(OC)cc1)c1coc2ccccc12. The van der Waals surface area contributed by atoms with E-state index in [-0.39, 0.29) is 6.04 Å². The van der Waals surface area contributed by atoms with E-state index < -0.39 is 0 Å². The molecule has 1 aromatic heterocycles. The van der Waals surface area contributed by atoms with E-state index in [9.17, 15) is 0 Å². The zero-order valence-electron chi connectivity index (χ0n) is 12.3. The first-order valence-electron chi connectivity index (χ1n) is 7.08. The van der Waals surface area contributed by atoms with Crippen LogP contribution in [0.2, 0.25) is 0 Å². The summed E-state index contributed by atoms with van der Waals surface area (Å²) in [6, 6.07) is 16.6. The number of benzene rings is 2. The Kier molecular flexibility index (Phi) is 3.93. The van der Waals surface area contributed by atoms with Crippen LogP contribution in [0.3, 0.4) is 0 Å². The quantitative estimate of drug-likeness (QED) is 0.769. The zero-order valence-corrected chi connectivity index (χ0v) is 12.3. The van der Waals surface area contributed by atoms with Crippen molar-refractivity contribution in [2.24, 2.45) is 0 Å². The normalized spacial score (nSPS) is 12.5. The van der Waals surface area contributed by atoms with Crippen molar-refractivity contribution >= 4 is 11.0 Å². The molecule has 0 aliphatic heterocycles. The minimum absolute atomic E-state index is 0.224. The zero-order chi connectivity index (χ0) is 14.7. The van der Waals surface area contributed by atoms with E-state index in [2.05, 4.69) is 23.5 Å². The Balaban J connectivity index is 1.87. The van der Waals surface area contributed by atoms with Crippen molar-refractivity contribution in [3.05, 3.63) is 65.9 Å². The molecule has 1 unspecified atom stereocenters. The number of rotatable bonds is 5. The Morgan fingerprint density at radius 1 is 1.10 bits per heavy atom.